The topological polar surface area (TPSA) is 67.4 Å². The second-order valence-corrected chi connectivity index (χ2v) is 7.21. The Balaban J connectivity index is 2.00. The van der Waals surface area contributed by atoms with Crippen molar-refractivity contribution in [2.45, 2.75) is 47.0 Å². The van der Waals surface area contributed by atoms with Gasteiger partial charge in [-0.15, -0.1) is 0 Å². The lowest BCUT2D eigenvalue weighted by Gasteiger charge is -2.13. The van der Waals surface area contributed by atoms with Gasteiger partial charge in [0, 0.05) is 22.9 Å². The minimum Gasteiger partial charge on any atom is -0.494 e. The van der Waals surface area contributed by atoms with Gasteiger partial charge in [-0.3, -0.25) is 9.59 Å². The number of carbonyl (C=O) groups is 2. The Labute approximate surface area is 167 Å². The van der Waals surface area contributed by atoms with Gasteiger partial charge in [0.25, 0.3) is 5.91 Å². The molecular formula is C23H30N2O3. The van der Waals surface area contributed by atoms with E-state index in [-0.39, 0.29) is 17.7 Å². The normalized spacial score (nSPS) is 10.6. The van der Waals surface area contributed by atoms with Gasteiger partial charge in [0.2, 0.25) is 5.91 Å². The highest BCUT2D eigenvalue weighted by Crippen LogP contribution is 2.22. The first-order chi connectivity index (χ1) is 13.4. The Kier molecular flexibility index (Phi) is 8.05. The molecule has 28 heavy (non-hydrogen) atoms. The van der Waals surface area contributed by atoms with Gasteiger partial charge in [-0.05, 0) is 55.3 Å². The number of rotatable bonds is 9. The Morgan fingerprint density at radius 3 is 2.36 bits per heavy atom. The molecule has 0 saturated heterocycles. The van der Waals surface area contributed by atoms with Gasteiger partial charge in [0.05, 0.1) is 6.61 Å². The minimum absolute atomic E-state index is 0.0596. The zero-order chi connectivity index (χ0) is 20.5. The summed E-state index contributed by atoms with van der Waals surface area (Å²) in [7, 11) is 0. The molecule has 0 saturated carbocycles. The Bertz CT molecular complexity index is 798. The van der Waals surface area contributed by atoms with Crippen LogP contribution in [-0.2, 0) is 4.79 Å². The van der Waals surface area contributed by atoms with E-state index >= 15 is 0 Å². The van der Waals surface area contributed by atoms with Crippen molar-refractivity contribution in [3.05, 3.63) is 53.6 Å². The van der Waals surface area contributed by atoms with Crippen LogP contribution < -0.4 is 15.4 Å². The SMILES string of the molecule is CCCCCOc1ccc(C(=O)Nc2cc(NC(=O)C(C)C)ccc2C)cc1. The predicted molar refractivity (Wildman–Crippen MR) is 114 cm³/mol. The Morgan fingerprint density at radius 1 is 1.00 bits per heavy atom. The van der Waals surface area contributed by atoms with Gasteiger partial charge in [-0.25, -0.2) is 0 Å². The van der Waals surface area contributed by atoms with Crippen molar-refractivity contribution in [2.24, 2.45) is 5.92 Å². The summed E-state index contributed by atoms with van der Waals surface area (Å²) < 4.78 is 5.68. The molecule has 0 aliphatic carbocycles. The highest BCUT2D eigenvalue weighted by Gasteiger charge is 2.11. The monoisotopic (exact) mass is 382 g/mol. The summed E-state index contributed by atoms with van der Waals surface area (Å²) in [6.07, 6.45) is 3.34. The van der Waals surface area contributed by atoms with E-state index in [0.717, 1.165) is 30.6 Å². The molecule has 0 fully saturated rings. The Morgan fingerprint density at radius 2 is 1.71 bits per heavy atom. The van der Waals surface area contributed by atoms with E-state index < -0.39 is 0 Å². The van der Waals surface area contributed by atoms with Gasteiger partial charge < -0.3 is 15.4 Å². The third-order valence-corrected chi connectivity index (χ3v) is 4.41. The number of ether oxygens (including phenoxy) is 1. The number of aryl methyl sites for hydroxylation is 1. The van der Waals surface area contributed by atoms with Crippen LogP contribution >= 0.6 is 0 Å². The second kappa shape index (κ2) is 10.5. The molecule has 0 atom stereocenters. The summed E-state index contributed by atoms with van der Waals surface area (Å²) in [5.74, 6) is 0.396. The highest BCUT2D eigenvalue weighted by atomic mass is 16.5. The first-order valence-corrected chi connectivity index (χ1v) is 9.86. The molecule has 2 amide bonds. The lowest BCUT2D eigenvalue weighted by Crippen LogP contribution is -2.18. The standard InChI is InChI=1S/C23H30N2O3/c1-5-6-7-14-28-20-12-9-18(10-13-20)23(27)25-21-15-19(11-8-17(21)4)24-22(26)16(2)3/h8-13,15-16H,5-7,14H2,1-4H3,(H,24,26)(H,25,27). The van der Waals surface area contributed by atoms with Crippen LogP contribution in [-0.4, -0.2) is 18.4 Å². The molecule has 2 N–H and O–H groups in total. The van der Waals surface area contributed by atoms with E-state index in [4.69, 9.17) is 4.74 Å². The maximum atomic E-state index is 12.6. The molecule has 0 aromatic heterocycles. The lowest BCUT2D eigenvalue weighted by molar-refractivity contribution is -0.118. The molecule has 0 unspecified atom stereocenters. The first kappa shape index (κ1) is 21.5. The number of anilines is 2. The third kappa shape index (κ3) is 6.41. The number of carbonyl (C=O) groups excluding carboxylic acids is 2. The fourth-order valence-corrected chi connectivity index (χ4v) is 2.56. The molecule has 0 aliphatic heterocycles. The van der Waals surface area contributed by atoms with Crippen LogP contribution in [0.15, 0.2) is 42.5 Å². The highest BCUT2D eigenvalue weighted by molar-refractivity contribution is 6.05. The maximum Gasteiger partial charge on any atom is 0.255 e. The number of hydrogen-bond acceptors (Lipinski definition) is 3. The summed E-state index contributed by atoms with van der Waals surface area (Å²) in [6, 6.07) is 12.6. The van der Waals surface area contributed by atoms with Crippen LogP contribution in [0.5, 0.6) is 5.75 Å². The van der Waals surface area contributed by atoms with Crippen molar-refractivity contribution in [3.8, 4) is 5.75 Å². The van der Waals surface area contributed by atoms with Gasteiger partial charge in [0.15, 0.2) is 0 Å². The summed E-state index contributed by atoms with van der Waals surface area (Å²) in [5, 5.41) is 5.77. The molecule has 2 aromatic carbocycles. The number of amides is 2. The van der Waals surface area contributed by atoms with Crippen LogP contribution in [0.25, 0.3) is 0 Å². The minimum atomic E-state index is -0.201. The fourth-order valence-electron chi connectivity index (χ4n) is 2.56. The predicted octanol–water partition coefficient (Wildman–Crippen LogP) is 5.41. The van der Waals surface area contributed by atoms with Crippen molar-refractivity contribution < 1.29 is 14.3 Å². The summed E-state index contributed by atoms with van der Waals surface area (Å²) in [5.41, 5.74) is 2.81. The summed E-state index contributed by atoms with van der Waals surface area (Å²) in [4.78, 5) is 24.5. The molecule has 2 rings (SSSR count). The lowest BCUT2D eigenvalue weighted by atomic mass is 10.1. The van der Waals surface area contributed by atoms with Gasteiger partial charge in [0.1, 0.15) is 5.75 Å². The molecule has 0 radical (unpaired) electrons. The van der Waals surface area contributed by atoms with Gasteiger partial charge in [-0.2, -0.15) is 0 Å². The largest absolute Gasteiger partial charge is 0.494 e. The van der Waals surface area contributed by atoms with Crippen LogP contribution in [0.3, 0.4) is 0 Å². The zero-order valence-corrected chi connectivity index (χ0v) is 17.2. The molecule has 0 bridgehead atoms. The smallest absolute Gasteiger partial charge is 0.255 e. The van der Waals surface area contributed by atoms with Gasteiger partial charge in [-0.1, -0.05) is 39.7 Å². The van der Waals surface area contributed by atoms with Crippen molar-refractivity contribution in [1.29, 1.82) is 0 Å². The molecule has 5 nitrogen and oxygen atoms in total. The fraction of sp³-hybridized carbons (Fsp3) is 0.391. The van der Waals surface area contributed by atoms with Crippen LogP contribution in [0.4, 0.5) is 11.4 Å². The van der Waals surface area contributed by atoms with E-state index in [2.05, 4.69) is 17.6 Å². The van der Waals surface area contributed by atoms with E-state index in [1.807, 2.05) is 45.0 Å². The maximum absolute atomic E-state index is 12.6. The third-order valence-electron chi connectivity index (χ3n) is 4.41. The second-order valence-electron chi connectivity index (χ2n) is 7.21. The van der Waals surface area contributed by atoms with Crippen molar-refractivity contribution in [3.63, 3.8) is 0 Å². The number of nitrogens with one attached hydrogen (secondary N) is 2. The average Bonchev–Trinajstić information content (AvgIpc) is 2.68. The van der Waals surface area contributed by atoms with E-state index in [9.17, 15) is 9.59 Å². The summed E-state index contributed by atoms with van der Waals surface area (Å²) >= 11 is 0. The average molecular weight is 383 g/mol. The molecule has 150 valence electrons. The molecule has 0 spiro atoms. The van der Waals surface area contributed by atoms with Crippen molar-refractivity contribution in [1.82, 2.24) is 0 Å². The number of benzene rings is 2. The van der Waals surface area contributed by atoms with E-state index in [0.29, 0.717) is 23.5 Å². The van der Waals surface area contributed by atoms with E-state index in [1.54, 1.807) is 18.2 Å². The molecule has 0 heterocycles. The van der Waals surface area contributed by atoms with Crippen LogP contribution in [0, 0.1) is 12.8 Å². The molecule has 2 aromatic rings. The quantitative estimate of drug-likeness (QED) is 0.570. The molecular weight excluding hydrogens is 352 g/mol. The Hall–Kier alpha value is -2.82. The van der Waals surface area contributed by atoms with Crippen LogP contribution in [0.2, 0.25) is 0 Å². The van der Waals surface area contributed by atoms with E-state index in [1.165, 1.54) is 0 Å². The summed E-state index contributed by atoms with van der Waals surface area (Å²) in [6.45, 7) is 8.43. The first-order valence-electron chi connectivity index (χ1n) is 9.86. The van der Waals surface area contributed by atoms with Crippen LogP contribution in [0.1, 0.15) is 56.0 Å². The van der Waals surface area contributed by atoms with Crippen molar-refractivity contribution >= 4 is 23.2 Å². The van der Waals surface area contributed by atoms with Gasteiger partial charge >= 0.3 is 0 Å². The number of hydrogen-bond donors (Lipinski definition) is 2. The van der Waals surface area contributed by atoms with Crippen molar-refractivity contribution in [2.75, 3.05) is 17.2 Å². The molecule has 5 heteroatoms. The number of unbranched alkanes of at least 4 members (excludes halogenated alkanes) is 2. The molecule has 0 aliphatic rings. The zero-order valence-electron chi connectivity index (χ0n) is 17.2.